The summed E-state index contributed by atoms with van der Waals surface area (Å²) in [6, 6.07) is 22.5. The van der Waals surface area contributed by atoms with Gasteiger partial charge in [-0.25, -0.2) is 17.4 Å². The van der Waals surface area contributed by atoms with Crippen molar-refractivity contribution in [1.29, 1.82) is 0 Å². The average Bonchev–Trinajstić information content (AvgIpc) is 3.26. The quantitative estimate of drug-likeness (QED) is 0.486. The topological polar surface area (TPSA) is 88.0 Å². The van der Waals surface area contributed by atoms with E-state index < -0.39 is 10.0 Å². The Morgan fingerprint density at radius 1 is 0.857 bits per heavy atom. The van der Waals surface area contributed by atoms with Crippen LogP contribution in [0, 0.1) is 0 Å². The minimum absolute atomic E-state index is 0.0993. The van der Waals surface area contributed by atoms with Gasteiger partial charge >= 0.3 is 0 Å². The van der Waals surface area contributed by atoms with E-state index in [2.05, 4.69) is 9.97 Å². The zero-order valence-electron chi connectivity index (χ0n) is 14.6. The van der Waals surface area contributed by atoms with Crippen molar-refractivity contribution in [2.45, 2.75) is 4.90 Å². The molecule has 5 rings (SSSR count). The number of imidazole rings is 1. The number of hydrogen-bond donors (Lipinski definition) is 2. The normalized spacial score (nSPS) is 12.0. The summed E-state index contributed by atoms with van der Waals surface area (Å²) in [5.74, 6) is 0.0426. The van der Waals surface area contributed by atoms with E-state index >= 15 is 0 Å². The molecule has 7 heteroatoms. The largest absolute Gasteiger partial charge is 0.493 e. The molecule has 0 aliphatic carbocycles. The number of rotatable bonds is 3. The molecule has 0 aliphatic rings. The number of aromatic amines is 1. The first-order valence-electron chi connectivity index (χ1n) is 8.65. The van der Waals surface area contributed by atoms with E-state index in [0.717, 1.165) is 15.0 Å². The van der Waals surface area contributed by atoms with Crippen molar-refractivity contribution in [2.24, 2.45) is 0 Å². The highest BCUT2D eigenvalue weighted by atomic mass is 32.2. The van der Waals surface area contributed by atoms with E-state index in [9.17, 15) is 13.5 Å². The zero-order valence-corrected chi connectivity index (χ0v) is 15.4. The van der Waals surface area contributed by atoms with Gasteiger partial charge in [-0.3, -0.25) is 0 Å². The van der Waals surface area contributed by atoms with Gasteiger partial charge in [-0.15, -0.1) is 0 Å². The van der Waals surface area contributed by atoms with Gasteiger partial charge in [-0.1, -0.05) is 48.5 Å². The SMILES string of the molecule is O=S(=O)(c1ccccc1)n1c(O)c(-c2nc3ccccc3[nH]2)c2ccccc21. The summed E-state index contributed by atoms with van der Waals surface area (Å²) in [4.78, 5) is 7.81. The lowest BCUT2D eigenvalue weighted by atomic mass is 10.1. The van der Waals surface area contributed by atoms with Crippen LogP contribution in [0.5, 0.6) is 5.88 Å². The van der Waals surface area contributed by atoms with Crippen molar-refractivity contribution in [1.82, 2.24) is 13.9 Å². The van der Waals surface area contributed by atoms with E-state index in [1.807, 2.05) is 24.3 Å². The lowest BCUT2D eigenvalue weighted by Gasteiger charge is -2.08. The summed E-state index contributed by atoms with van der Waals surface area (Å²) in [6.45, 7) is 0. The van der Waals surface area contributed by atoms with Gasteiger partial charge in [0.2, 0.25) is 5.88 Å². The first-order valence-corrected chi connectivity index (χ1v) is 10.1. The third-order valence-corrected chi connectivity index (χ3v) is 6.43. The summed E-state index contributed by atoms with van der Waals surface area (Å²) in [6.07, 6.45) is 0. The summed E-state index contributed by atoms with van der Waals surface area (Å²) in [5.41, 5.74) is 2.28. The molecule has 0 radical (unpaired) electrons. The Morgan fingerprint density at radius 2 is 1.54 bits per heavy atom. The number of fused-ring (bicyclic) bond motifs is 2. The number of aromatic hydroxyl groups is 1. The van der Waals surface area contributed by atoms with Crippen LogP contribution in [-0.2, 0) is 10.0 Å². The van der Waals surface area contributed by atoms with Gasteiger partial charge in [0.25, 0.3) is 10.0 Å². The van der Waals surface area contributed by atoms with Gasteiger partial charge in [-0.2, -0.15) is 0 Å². The van der Waals surface area contributed by atoms with Gasteiger partial charge < -0.3 is 10.1 Å². The van der Waals surface area contributed by atoms with Crippen LogP contribution in [0.4, 0.5) is 0 Å². The third kappa shape index (κ3) is 2.33. The second-order valence-electron chi connectivity index (χ2n) is 6.40. The van der Waals surface area contributed by atoms with Crippen LogP contribution >= 0.6 is 0 Å². The van der Waals surface area contributed by atoms with Gasteiger partial charge in [0.15, 0.2) is 0 Å². The molecule has 0 saturated heterocycles. The molecule has 0 unspecified atom stereocenters. The highest BCUT2D eigenvalue weighted by molar-refractivity contribution is 7.90. The molecule has 0 bridgehead atoms. The molecule has 2 aromatic heterocycles. The lowest BCUT2D eigenvalue weighted by Crippen LogP contribution is -2.12. The molecule has 5 aromatic rings. The molecule has 0 saturated carbocycles. The Morgan fingerprint density at radius 3 is 2.32 bits per heavy atom. The summed E-state index contributed by atoms with van der Waals surface area (Å²) >= 11 is 0. The minimum atomic E-state index is -3.99. The maximum Gasteiger partial charge on any atom is 0.271 e. The number of nitrogens with one attached hydrogen (secondary N) is 1. The van der Waals surface area contributed by atoms with Crippen LogP contribution in [0.3, 0.4) is 0 Å². The fourth-order valence-corrected chi connectivity index (χ4v) is 4.89. The molecular weight excluding hydrogens is 374 g/mol. The van der Waals surface area contributed by atoms with Crippen LogP contribution in [-0.4, -0.2) is 27.5 Å². The Labute approximate surface area is 160 Å². The smallest absolute Gasteiger partial charge is 0.271 e. The van der Waals surface area contributed by atoms with E-state index in [1.54, 1.807) is 42.5 Å². The second kappa shape index (κ2) is 5.97. The summed E-state index contributed by atoms with van der Waals surface area (Å²) in [5, 5.41) is 11.6. The van der Waals surface area contributed by atoms with Crippen molar-refractivity contribution in [3.63, 3.8) is 0 Å². The summed E-state index contributed by atoms with van der Waals surface area (Å²) < 4.78 is 27.5. The van der Waals surface area contributed by atoms with Gasteiger partial charge in [0.1, 0.15) is 5.82 Å². The monoisotopic (exact) mass is 389 g/mol. The highest BCUT2D eigenvalue weighted by Gasteiger charge is 2.28. The van der Waals surface area contributed by atoms with Crippen LogP contribution in [0.25, 0.3) is 33.3 Å². The third-order valence-electron chi connectivity index (χ3n) is 4.72. The molecule has 0 aliphatic heterocycles. The minimum Gasteiger partial charge on any atom is -0.493 e. The van der Waals surface area contributed by atoms with E-state index in [-0.39, 0.29) is 10.8 Å². The van der Waals surface area contributed by atoms with Crippen molar-refractivity contribution >= 4 is 32.0 Å². The standard InChI is InChI=1S/C21H15N3O3S/c25-21-19(20-22-16-11-5-6-12-17(16)23-20)15-10-4-7-13-18(15)24(21)28(26,27)14-8-2-1-3-9-14/h1-13,25H,(H,22,23). The number of benzene rings is 3. The summed E-state index contributed by atoms with van der Waals surface area (Å²) in [7, 11) is -3.99. The fourth-order valence-electron chi connectivity index (χ4n) is 3.44. The molecule has 0 amide bonds. The van der Waals surface area contributed by atoms with E-state index in [1.165, 1.54) is 12.1 Å². The molecule has 0 atom stereocenters. The Balaban J connectivity index is 1.85. The van der Waals surface area contributed by atoms with Crippen molar-refractivity contribution < 1.29 is 13.5 Å². The van der Waals surface area contributed by atoms with Crippen LogP contribution < -0.4 is 0 Å². The molecule has 6 nitrogen and oxygen atoms in total. The molecule has 0 spiro atoms. The van der Waals surface area contributed by atoms with E-state index in [4.69, 9.17) is 0 Å². The van der Waals surface area contributed by atoms with Crippen molar-refractivity contribution in [3.8, 4) is 17.3 Å². The molecule has 138 valence electrons. The van der Waals surface area contributed by atoms with Crippen LogP contribution in [0.2, 0.25) is 0 Å². The van der Waals surface area contributed by atoms with Gasteiger partial charge in [0, 0.05) is 5.39 Å². The predicted molar refractivity (Wildman–Crippen MR) is 108 cm³/mol. The Bertz CT molecular complexity index is 1400. The molecule has 2 N–H and O–H groups in total. The number of para-hydroxylation sites is 3. The Kier molecular flexibility index (Phi) is 3.53. The maximum atomic E-state index is 13.3. The first kappa shape index (κ1) is 16.6. The van der Waals surface area contributed by atoms with Crippen molar-refractivity contribution in [3.05, 3.63) is 78.9 Å². The van der Waals surface area contributed by atoms with Crippen LogP contribution in [0.15, 0.2) is 83.8 Å². The molecule has 2 heterocycles. The fraction of sp³-hybridized carbons (Fsp3) is 0. The van der Waals surface area contributed by atoms with Crippen LogP contribution in [0.1, 0.15) is 0 Å². The first-order chi connectivity index (χ1) is 13.6. The predicted octanol–water partition coefficient (Wildman–Crippen LogP) is 4.13. The average molecular weight is 389 g/mol. The molecule has 0 fully saturated rings. The highest BCUT2D eigenvalue weighted by Crippen LogP contribution is 2.40. The second-order valence-corrected chi connectivity index (χ2v) is 8.19. The number of H-pyrrole nitrogens is 1. The number of hydrogen-bond acceptors (Lipinski definition) is 4. The molecule has 3 aromatic carbocycles. The lowest BCUT2D eigenvalue weighted by molar-refractivity contribution is 0.449. The van der Waals surface area contributed by atoms with Gasteiger partial charge in [0.05, 0.1) is 27.0 Å². The number of nitrogens with zero attached hydrogens (tertiary/aromatic N) is 2. The molecule has 28 heavy (non-hydrogen) atoms. The zero-order chi connectivity index (χ0) is 19.3. The van der Waals surface area contributed by atoms with Gasteiger partial charge in [-0.05, 0) is 30.3 Å². The maximum absolute atomic E-state index is 13.3. The number of aromatic nitrogens is 3. The van der Waals surface area contributed by atoms with Crippen molar-refractivity contribution in [2.75, 3.05) is 0 Å². The van der Waals surface area contributed by atoms with E-state index in [0.29, 0.717) is 22.3 Å². The Hall–Kier alpha value is -3.58. The molecular formula is C21H15N3O3S.